The number of nitrogens with two attached hydrogens (primary N) is 1. The molecule has 174 valence electrons. The maximum Gasteiger partial charge on any atom is 0.416 e. The molecule has 1 atom stereocenters. The maximum absolute atomic E-state index is 13.8. The normalized spacial score (nSPS) is 17.0. The Hall–Kier alpha value is -1.26. The Balaban J connectivity index is 1.82. The van der Waals surface area contributed by atoms with Crippen molar-refractivity contribution < 1.29 is 18.0 Å². The number of amides is 1. The van der Waals surface area contributed by atoms with Gasteiger partial charge in [0.1, 0.15) is 0 Å². The van der Waals surface area contributed by atoms with Crippen LogP contribution in [-0.4, -0.2) is 35.7 Å². The molecule has 0 radical (unpaired) electrons. The first-order valence-electron chi connectivity index (χ1n) is 10.2. The van der Waals surface area contributed by atoms with Gasteiger partial charge in [0.2, 0.25) is 0 Å². The maximum atomic E-state index is 13.8. The van der Waals surface area contributed by atoms with Gasteiger partial charge in [-0.15, -0.1) is 11.8 Å². The van der Waals surface area contributed by atoms with Crippen LogP contribution in [0.25, 0.3) is 0 Å². The molecule has 0 aliphatic carbocycles. The fraction of sp³-hybridized carbons (Fsp3) is 0.409. The fourth-order valence-electron chi connectivity index (χ4n) is 3.67. The molecule has 1 aliphatic rings. The number of hydrogen-bond acceptors (Lipinski definition) is 4. The Morgan fingerprint density at radius 3 is 2.72 bits per heavy atom. The first kappa shape index (κ1) is 25.4. The number of nitrogens with zero attached hydrogens (tertiary/aromatic N) is 1. The van der Waals surface area contributed by atoms with Crippen molar-refractivity contribution in [1.29, 1.82) is 0 Å². The van der Waals surface area contributed by atoms with Crippen molar-refractivity contribution in [3.8, 4) is 0 Å². The van der Waals surface area contributed by atoms with Gasteiger partial charge in [0.15, 0.2) is 0 Å². The molecule has 2 aromatic carbocycles. The van der Waals surface area contributed by atoms with Crippen molar-refractivity contribution in [3.05, 3.63) is 62.1 Å². The lowest BCUT2D eigenvalue weighted by molar-refractivity contribution is -0.138. The molecule has 3 N–H and O–H groups in total. The van der Waals surface area contributed by atoms with Crippen LogP contribution >= 0.6 is 39.3 Å². The summed E-state index contributed by atoms with van der Waals surface area (Å²) in [5.74, 6) is 0.256. The minimum Gasteiger partial charge on any atom is -0.348 e. The van der Waals surface area contributed by atoms with Crippen LogP contribution in [-0.2, 0) is 19.3 Å². The predicted octanol–water partition coefficient (Wildman–Crippen LogP) is 5.70. The van der Waals surface area contributed by atoms with Crippen molar-refractivity contribution in [1.82, 2.24) is 10.2 Å². The van der Waals surface area contributed by atoms with Gasteiger partial charge in [0.05, 0.1) is 5.56 Å². The number of likely N-dealkylation sites (tertiary alicyclic amines) is 1. The van der Waals surface area contributed by atoms with E-state index in [1.54, 1.807) is 23.9 Å². The first-order valence-corrected chi connectivity index (χ1v) is 12.3. The van der Waals surface area contributed by atoms with Crippen LogP contribution in [0.1, 0.15) is 40.4 Å². The molecule has 0 aromatic heterocycles. The van der Waals surface area contributed by atoms with E-state index in [9.17, 15) is 18.0 Å². The van der Waals surface area contributed by atoms with Gasteiger partial charge in [-0.25, -0.2) is 0 Å². The second kappa shape index (κ2) is 10.8. The number of halogens is 5. The lowest BCUT2D eigenvalue weighted by Gasteiger charge is -2.21. The standard InChI is InChI=1S/C22H24BrClF3N3OS/c1-2-32-20-4-3-15(24)7-14(20)10-29-21(31)13-8-18(22(25,26)27)17(19(23)9-13)12-30-6-5-16(28)11-30/h3-4,7-9,16H,2,5-6,10-12,28H2,1H3,(H,29,31). The molecule has 0 saturated carbocycles. The number of benzene rings is 2. The summed E-state index contributed by atoms with van der Waals surface area (Å²) in [6, 6.07) is 7.72. The monoisotopic (exact) mass is 549 g/mol. The summed E-state index contributed by atoms with van der Waals surface area (Å²) in [7, 11) is 0. The number of nitrogens with one attached hydrogen (secondary N) is 1. The van der Waals surface area contributed by atoms with E-state index in [4.69, 9.17) is 17.3 Å². The molecule has 1 unspecified atom stereocenters. The van der Waals surface area contributed by atoms with Gasteiger partial charge in [0.25, 0.3) is 5.91 Å². The molecule has 1 heterocycles. The lowest BCUT2D eigenvalue weighted by atomic mass is 10.0. The summed E-state index contributed by atoms with van der Waals surface area (Å²) in [5, 5.41) is 3.25. The van der Waals surface area contributed by atoms with E-state index >= 15 is 0 Å². The Labute approximate surface area is 203 Å². The number of thioether (sulfide) groups is 1. The summed E-state index contributed by atoms with van der Waals surface area (Å²) in [6.07, 6.45) is -3.84. The Morgan fingerprint density at radius 1 is 1.34 bits per heavy atom. The van der Waals surface area contributed by atoms with Crippen molar-refractivity contribution in [2.24, 2.45) is 5.73 Å². The molecule has 1 aliphatic heterocycles. The van der Waals surface area contributed by atoms with Gasteiger partial charge in [-0.2, -0.15) is 13.2 Å². The highest BCUT2D eigenvalue weighted by Crippen LogP contribution is 2.37. The van der Waals surface area contributed by atoms with E-state index in [2.05, 4.69) is 21.2 Å². The molecule has 4 nitrogen and oxygen atoms in total. The third-order valence-corrected chi connectivity index (χ3v) is 7.16. The van der Waals surface area contributed by atoms with Gasteiger partial charge in [0, 0.05) is 52.2 Å². The summed E-state index contributed by atoms with van der Waals surface area (Å²) in [5.41, 5.74) is 5.94. The summed E-state index contributed by atoms with van der Waals surface area (Å²) < 4.78 is 41.8. The van der Waals surface area contributed by atoms with E-state index in [-0.39, 0.29) is 34.7 Å². The third-order valence-electron chi connectivity index (χ3n) is 5.22. The number of carbonyl (C=O) groups is 1. The minimum atomic E-state index is -4.59. The SMILES string of the molecule is CCSc1ccc(Cl)cc1CNC(=O)c1cc(Br)c(CN2CCC(N)C2)c(C(F)(F)F)c1. The first-order chi connectivity index (χ1) is 15.1. The quantitative estimate of drug-likeness (QED) is 0.435. The van der Waals surface area contributed by atoms with Crippen LogP contribution in [0.4, 0.5) is 13.2 Å². The molecule has 3 rings (SSSR count). The van der Waals surface area contributed by atoms with Gasteiger partial charge < -0.3 is 11.1 Å². The highest BCUT2D eigenvalue weighted by molar-refractivity contribution is 9.10. The molecular formula is C22H24BrClF3N3OS. The molecule has 32 heavy (non-hydrogen) atoms. The smallest absolute Gasteiger partial charge is 0.348 e. The topological polar surface area (TPSA) is 58.4 Å². The predicted molar refractivity (Wildman–Crippen MR) is 126 cm³/mol. The number of carbonyl (C=O) groups excluding carboxylic acids is 1. The largest absolute Gasteiger partial charge is 0.416 e. The zero-order valence-corrected chi connectivity index (χ0v) is 20.6. The van der Waals surface area contributed by atoms with Crippen LogP contribution in [0, 0.1) is 0 Å². The van der Waals surface area contributed by atoms with E-state index in [1.807, 2.05) is 17.9 Å². The van der Waals surface area contributed by atoms with Crippen molar-refractivity contribution in [2.45, 2.75) is 43.5 Å². The van der Waals surface area contributed by atoms with E-state index in [0.29, 0.717) is 18.1 Å². The second-order valence-corrected chi connectivity index (χ2v) is 10.2. The Bertz CT molecular complexity index is 990. The summed E-state index contributed by atoms with van der Waals surface area (Å²) in [6.45, 7) is 3.48. The molecule has 0 bridgehead atoms. The molecule has 10 heteroatoms. The Morgan fingerprint density at radius 2 is 2.09 bits per heavy atom. The lowest BCUT2D eigenvalue weighted by Crippen LogP contribution is -2.28. The fourth-order valence-corrected chi connectivity index (χ4v) is 5.24. The van der Waals surface area contributed by atoms with E-state index < -0.39 is 17.6 Å². The Kier molecular flexibility index (Phi) is 8.54. The molecule has 1 fully saturated rings. The van der Waals surface area contributed by atoms with Gasteiger partial charge in [-0.05, 0) is 53.6 Å². The molecule has 1 amide bonds. The van der Waals surface area contributed by atoms with Crippen LogP contribution in [0.15, 0.2) is 39.7 Å². The zero-order valence-electron chi connectivity index (χ0n) is 17.4. The highest BCUT2D eigenvalue weighted by atomic mass is 79.9. The minimum absolute atomic E-state index is 0.0320. The van der Waals surface area contributed by atoms with Crippen molar-refractivity contribution in [3.63, 3.8) is 0 Å². The molecular weight excluding hydrogens is 527 g/mol. The summed E-state index contributed by atoms with van der Waals surface area (Å²) >= 11 is 10.9. The number of alkyl halides is 3. The molecule has 0 spiro atoms. The number of rotatable bonds is 7. The van der Waals surface area contributed by atoms with Crippen LogP contribution in [0.3, 0.4) is 0 Å². The zero-order chi connectivity index (χ0) is 23.5. The van der Waals surface area contributed by atoms with Crippen LogP contribution in [0.2, 0.25) is 5.02 Å². The molecule has 1 saturated heterocycles. The van der Waals surface area contributed by atoms with Crippen molar-refractivity contribution in [2.75, 3.05) is 18.8 Å². The van der Waals surface area contributed by atoms with E-state index in [1.165, 1.54) is 6.07 Å². The van der Waals surface area contributed by atoms with Crippen LogP contribution < -0.4 is 11.1 Å². The number of hydrogen-bond donors (Lipinski definition) is 2. The average molecular weight is 551 g/mol. The van der Waals surface area contributed by atoms with Crippen molar-refractivity contribution >= 4 is 45.2 Å². The third kappa shape index (κ3) is 6.41. The average Bonchev–Trinajstić information content (AvgIpc) is 3.13. The van der Waals surface area contributed by atoms with Gasteiger partial charge in [-0.1, -0.05) is 34.5 Å². The van der Waals surface area contributed by atoms with E-state index in [0.717, 1.165) is 28.7 Å². The second-order valence-electron chi connectivity index (χ2n) is 7.63. The molecule has 2 aromatic rings. The highest BCUT2D eigenvalue weighted by Gasteiger charge is 2.36. The van der Waals surface area contributed by atoms with Gasteiger partial charge in [-0.3, -0.25) is 9.69 Å². The van der Waals surface area contributed by atoms with Gasteiger partial charge >= 0.3 is 6.18 Å². The summed E-state index contributed by atoms with van der Waals surface area (Å²) in [4.78, 5) is 15.6. The van der Waals surface area contributed by atoms with Crippen LogP contribution in [0.5, 0.6) is 0 Å².